The summed E-state index contributed by atoms with van der Waals surface area (Å²) in [5.74, 6) is 0. The van der Waals surface area contributed by atoms with Crippen LogP contribution in [-0.2, 0) is 11.2 Å². The standard InChI is InChI=1S/C15H20N2O3/c1-20-12-8-16(9-12)10-14-13-5-3-2-4-11(13)6-7-17(14)15(18)19/h2-5,12,14H,6-10H2,1H3,(H,18,19). The SMILES string of the molecule is COC1CN(CC2c3ccccc3CCN2C(=O)O)C1. The zero-order valence-corrected chi connectivity index (χ0v) is 11.7. The Labute approximate surface area is 118 Å². The van der Waals surface area contributed by atoms with Crippen LogP contribution < -0.4 is 0 Å². The Hall–Kier alpha value is -1.59. The first-order chi connectivity index (χ1) is 9.69. The number of fused-ring (bicyclic) bond motifs is 1. The Morgan fingerprint density at radius 2 is 2.15 bits per heavy atom. The molecule has 108 valence electrons. The van der Waals surface area contributed by atoms with Crippen molar-refractivity contribution >= 4 is 6.09 Å². The van der Waals surface area contributed by atoms with Crippen LogP contribution in [-0.4, -0.2) is 60.4 Å². The van der Waals surface area contributed by atoms with Crippen molar-refractivity contribution in [3.8, 4) is 0 Å². The quantitative estimate of drug-likeness (QED) is 0.911. The molecule has 1 unspecified atom stereocenters. The van der Waals surface area contributed by atoms with Crippen LogP contribution in [0.5, 0.6) is 0 Å². The molecule has 1 atom stereocenters. The summed E-state index contributed by atoms with van der Waals surface area (Å²) in [6.45, 7) is 3.12. The second-order valence-electron chi connectivity index (χ2n) is 5.52. The highest BCUT2D eigenvalue weighted by atomic mass is 16.5. The molecule has 5 nitrogen and oxygen atoms in total. The van der Waals surface area contributed by atoms with Gasteiger partial charge in [0.05, 0.1) is 12.1 Å². The lowest BCUT2D eigenvalue weighted by Gasteiger charge is -2.44. The van der Waals surface area contributed by atoms with Gasteiger partial charge in [-0.2, -0.15) is 0 Å². The molecule has 0 bridgehead atoms. The molecule has 5 heteroatoms. The average molecular weight is 276 g/mol. The highest BCUT2D eigenvalue weighted by Gasteiger charge is 2.35. The molecule has 1 N–H and O–H groups in total. The van der Waals surface area contributed by atoms with Gasteiger partial charge in [0.2, 0.25) is 0 Å². The summed E-state index contributed by atoms with van der Waals surface area (Å²) in [6, 6.07) is 8.12. The van der Waals surface area contributed by atoms with Gasteiger partial charge in [-0.25, -0.2) is 4.79 Å². The molecule has 1 fully saturated rings. The van der Waals surface area contributed by atoms with Gasteiger partial charge in [0.1, 0.15) is 0 Å². The molecular formula is C15H20N2O3. The van der Waals surface area contributed by atoms with Crippen molar-refractivity contribution in [3.63, 3.8) is 0 Å². The topological polar surface area (TPSA) is 53.0 Å². The third-order valence-electron chi connectivity index (χ3n) is 4.35. The third-order valence-corrected chi connectivity index (χ3v) is 4.35. The van der Waals surface area contributed by atoms with Crippen molar-refractivity contribution in [2.24, 2.45) is 0 Å². The molecule has 0 saturated carbocycles. The number of likely N-dealkylation sites (tertiary alicyclic amines) is 1. The first-order valence-electron chi connectivity index (χ1n) is 7.01. The Morgan fingerprint density at radius 3 is 2.85 bits per heavy atom. The number of nitrogens with zero attached hydrogens (tertiary/aromatic N) is 2. The van der Waals surface area contributed by atoms with Crippen LogP contribution in [0.1, 0.15) is 17.2 Å². The zero-order valence-electron chi connectivity index (χ0n) is 11.7. The predicted molar refractivity (Wildman–Crippen MR) is 74.9 cm³/mol. The van der Waals surface area contributed by atoms with E-state index in [-0.39, 0.29) is 6.04 Å². The molecule has 1 aromatic rings. The minimum Gasteiger partial charge on any atom is -0.465 e. The van der Waals surface area contributed by atoms with Crippen molar-refractivity contribution in [3.05, 3.63) is 35.4 Å². The van der Waals surface area contributed by atoms with Crippen molar-refractivity contribution in [1.82, 2.24) is 9.80 Å². The lowest BCUT2D eigenvalue weighted by atomic mass is 9.92. The molecule has 1 saturated heterocycles. The molecule has 0 aliphatic carbocycles. The van der Waals surface area contributed by atoms with E-state index in [0.717, 1.165) is 31.6 Å². The molecule has 0 spiro atoms. The van der Waals surface area contributed by atoms with E-state index in [1.165, 1.54) is 5.56 Å². The number of ether oxygens (including phenoxy) is 1. The van der Waals surface area contributed by atoms with Gasteiger partial charge in [-0.3, -0.25) is 9.80 Å². The number of methoxy groups -OCH3 is 1. The number of rotatable bonds is 3. The Bertz CT molecular complexity index is 500. The van der Waals surface area contributed by atoms with Crippen molar-refractivity contribution in [1.29, 1.82) is 0 Å². The Morgan fingerprint density at radius 1 is 1.40 bits per heavy atom. The van der Waals surface area contributed by atoms with Crippen LogP contribution in [0.25, 0.3) is 0 Å². The van der Waals surface area contributed by atoms with E-state index in [4.69, 9.17) is 4.74 Å². The van der Waals surface area contributed by atoms with E-state index >= 15 is 0 Å². The molecule has 1 amide bonds. The first-order valence-corrected chi connectivity index (χ1v) is 7.01. The highest BCUT2D eigenvalue weighted by molar-refractivity contribution is 5.66. The zero-order chi connectivity index (χ0) is 14.1. The summed E-state index contributed by atoms with van der Waals surface area (Å²) in [5, 5.41) is 9.42. The number of hydrogen-bond donors (Lipinski definition) is 1. The van der Waals surface area contributed by atoms with Gasteiger partial charge in [0.15, 0.2) is 0 Å². The Kier molecular flexibility index (Phi) is 3.63. The summed E-state index contributed by atoms with van der Waals surface area (Å²) >= 11 is 0. The predicted octanol–water partition coefficient (Wildman–Crippen LogP) is 1.59. The number of amides is 1. The summed E-state index contributed by atoms with van der Waals surface area (Å²) in [5.41, 5.74) is 2.43. The van der Waals surface area contributed by atoms with Crippen LogP contribution in [0, 0.1) is 0 Å². The molecule has 2 aliphatic heterocycles. The molecule has 2 aliphatic rings. The highest BCUT2D eigenvalue weighted by Crippen LogP contribution is 2.31. The maximum absolute atomic E-state index is 11.5. The van der Waals surface area contributed by atoms with E-state index in [1.54, 1.807) is 12.0 Å². The fourth-order valence-electron chi connectivity index (χ4n) is 3.14. The fourth-order valence-corrected chi connectivity index (χ4v) is 3.14. The second-order valence-corrected chi connectivity index (χ2v) is 5.52. The van der Waals surface area contributed by atoms with Crippen molar-refractivity contribution < 1.29 is 14.6 Å². The van der Waals surface area contributed by atoms with Crippen LogP contribution >= 0.6 is 0 Å². The minimum absolute atomic E-state index is 0.0599. The maximum atomic E-state index is 11.5. The molecule has 0 radical (unpaired) electrons. The second kappa shape index (κ2) is 5.42. The van der Waals surface area contributed by atoms with Gasteiger partial charge >= 0.3 is 6.09 Å². The Balaban J connectivity index is 1.78. The van der Waals surface area contributed by atoms with Gasteiger partial charge in [-0.05, 0) is 17.5 Å². The van der Waals surface area contributed by atoms with Gasteiger partial charge < -0.3 is 9.84 Å². The molecule has 1 aromatic carbocycles. The molecule has 3 rings (SSSR count). The van der Waals surface area contributed by atoms with Crippen LogP contribution in [0.2, 0.25) is 0 Å². The van der Waals surface area contributed by atoms with E-state index in [2.05, 4.69) is 17.0 Å². The van der Waals surface area contributed by atoms with Crippen molar-refractivity contribution in [2.75, 3.05) is 33.3 Å². The van der Waals surface area contributed by atoms with E-state index in [0.29, 0.717) is 12.6 Å². The minimum atomic E-state index is -0.826. The summed E-state index contributed by atoms with van der Waals surface area (Å²) in [4.78, 5) is 15.3. The maximum Gasteiger partial charge on any atom is 0.407 e. The van der Waals surface area contributed by atoms with E-state index in [9.17, 15) is 9.90 Å². The summed E-state index contributed by atoms with van der Waals surface area (Å²) in [6.07, 6.45) is 0.278. The van der Waals surface area contributed by atoms with E-state index in [1.807, 2.05) is 12.1 Å². The number of hydrogen-bond acceptors (Lipinski definition) is 3. The van der Waals surface area contributed by atoms with E-state index < -0.39 is 6.09 Å². The normalized spacial score (nSPS) is 23.2. The molecular weight excluding hydrogens is 256 g/mol. The van der Waals surface area contributed by atoms with Crippen LogP contribution in [0.3, 0.4) is 0 Å². The van der Waals surface area contributed by atoms with Crippen molar-refractivity contribution in [2.45, 2.75) is 18.6 Å². The van der Waals surface area contributed by atoms with Crippen LogP contribution in [0.4, 0.5) is 4.79 Å². The average Bonchev–Trinajstić information content (AvgIpc) is 2.41. The van der Waals surface area contributed by atoms with Gasteiger partial charge in [-0.1, -0.05) is 24.3 Å². The number of carboxylic acid groups (broad SMARTS) is 1. The van der Waals surface area contributed by atoms with Gasteiger partial charge in [0, 0.05) is 33.3 Å². The number of benzene rings is 1. The molecule has 20 heavy (non-hydrogen) atoms. The summed E-state index contributed by atoms with van der Waals surface area (Å²) in [7, 11) is 1.72. The molecule has 0 aromatic heterocycles. The first kappa shape index (κ1) is 13.4. The van der Waals surface area contributed by atoms with Crippen LogP contribution in [0.15, 0.2) is 24.3 Å². The lowest BCUT2D eigenvalue weighted by Crippen LogP contribution is -2.55. The molecule has 2 heterocycles. The fraction of sp³-hybridized carbons (Fsp3) is 0.533. The monoisotopic (exact) mass is 276 g/mol. The third kappa shape index (κ3) is 2.39. The largest absolute Gasteiger partial charge is 0.465 e. The van der Waals surface area contributed by atoms with Gasteiger partial charge in [0.25, 0.3) is 0 Å². The lowest BCUT2D eigenvalue weighted by molar-refractivity contribution is -0.0401. The smallest absolute Gasteiger partial charge is 0.407 e. The van der Waals surface area contributed by atoms with Gasteiger partial charge in [-0.15, -0.1) is 0 Å². The number of carbonyl (C=O) groups is 1. The summed E-state index contributed by atoms with van der Waals surface area (Å²) < 4.78 is 5.28.